The van der Waals surface area contributed by atoms with E-state index in [1.807, 2.05) is 44.2 Å². The number of rotatable bonds is 4. The number of hydrogen-bond donors (Lipinski definition) is 1. The van der Waals surface area contributed by atoms with Gasteiger partial charge in [-0.15, -0.1) is 0 Å². The topological polar surface area (TPSA) is 72.6 Å². The second-order valence-electron chi connectivity index (χ2n) is 6.98. The van der Waals surface area contributed by atoms with Gasteiger partial charge in [0.2, 0.25) is 5.91 Å². The van der Waals surface area contributed by atoms with Crippen molar-refractivity contribution in [3.8, 4) is 0 Å². The summed E-state index contributed by atoms with van der Waals surface area (Å²) in [6.07, 6.45) is -0.569. The van der Waals surface area contributed by atoms with Crippen LogP contribution in [0.1, 0.15) is 40.2 Å². The third kappa shape index (κ3) is 4.23. The quantitative estimate of drug-likeness (QED) is 0.929. The van der Waals surface area contributed by atoms with Gasteiger partial charge < -0.3 is 10.5 Å². The van der Waals surface area contributed by atoms with E-state index in [0.717, 1.165) is 5.56 Å². The fourth-order valence-corrected chi connectivity index (χ4v) is 2.50. The highest BCUT2D eigenvalue weighted by atomic mass is 16.6. The molecule has 1 aromatic carbocycles. The maximum absolute atomic E-state index is 12.3. The number of hydrogen-bond acceptors (Lipinski definition) is 3. The first kappa shape index (κ1) is 18.0. The Morgan fingerprint density at radius 3 is 2.00 bits per heavy atom. The molecule has 0 saturated carbocycles. The summed E-state index contributed by atoms with van der Waals surface area (Å²) >= 11 is 0. The molecular formula is C17H26N2O3. The molecule has 0 spiro atoms. The summed E-state index contributed by atoms with van der Waals surface area (Å²) in [5.41, 5.74) is 5.22. The van der Waals surface area contributed by atoms with E-state index in [9.17, 15) is 9.59 Å². The molecule has 0 heterocycles. The molecule has 0 fully saturated rings. The van der Waals surface area contributed by atoms with Gasteiger partial charge in [0.15, 0.2) is 0 Å². The molecule has 1 aromatic rings. The van der Waals surface area contributed by atoms with E-state index in [0.29, 0.717) is 0 Å². The maximum atomic E-state index is 12.3. The van der Waals surface area contributed by atoms with Crippen LogP contribution < -0.4 is 5.73 Å². The maximum Gasteiger partial charge on any atom is 0.410 e. The number of nitrogens with zero attached hydrogens (tertiary/aromatic N) is 1. The SMILES string of the molecule is CN(C(=O)OC(C)(C)C)C(C(N)=O)C(C)(C)c1ccccc1. The smallest absolute Gasteiger partial charge is 0.410 e. The number of carbonyl (C=O) groups is 2. The lowest BCUT2D eigenvalue weighted by molar-refractivity contribution is -0.124. The molecule has 0 bridgehead atoms. The Kier molecular flexibility index (Phi) is 5.22. The van der Waals surface area contributed by atoms with E-state index in [1.165, 1.54) is 11.9 Å². The molecule has 0 aliphatic rings. The number of amides is 2. The van der Waals surface area contributed by atoms with Gasteiger partial charge in [-0.2, -0.15) is 0 Å². The van der Waals surface area contributed by atoms with Crippen molar-refractivity contribution in [2.75, 3.05) is 7.05 Å². The minimum Gasteiger partial charge on any atom is -0.444 e. The zero-order chi connectivity index (χ0) is 17.1. The van der Waals surface area contributed by atoms with Crippen molar-refractivity contribution in [2.24, 2.45) is 5.73 Å². The van der Waals surface area contributed by atoms with Crippen LogP contribution in [0.2, 0.25) is 0 Å². The number of ether oxygens (including phenoxy) is 1. The molecule has 5 nitrogen and oxygen atoms in total. The Morgan fingerprint density at radius 2 is 1.59 bits per heavy atom. The van der Waals surface area contributed by atoms with E-state index in [4.69, 9.17) is 10.5 Å². The van der Waals surface area contributed by atoms with Crippen molar-refractivity contribution in [2.45, 2.75) is 51.7 Å². The van der Waals surface area contributed by atoms with E-state index < -0.39 is 29.1 Å². The van der Waals surface area contributed by atoms with E-state index in [1.54, 1.807) is 20.8 Å². The predicted molar refractivity (Wildman–Crippen MR) is 86.4 cm³/mol. The highest BCUT2D eigenvalue weighted by Gasteiger charge is 2.41. The van der Waals surface area contributed by atoms with Gasteiger partial charge in [0.1, 0.15) is 11.6 Å². The number of carbonyl (C=O) groups excluding carboxylic acids is 2. The zero-order valence-electron chi connectivity index (χ0n) is 14.2. The minimum atomic E-state index is -0.815. The first-order chi connectivity index (χ1) is 9.97. The molecule has 0 aliphatic carbocycles. The van der Waals surface area contributed by atoms with Gasteiger partial charge in [0.05, 0.1) is 0 Å². The summed E-state index contributed by atoms with van der Waals surface area (Å²) in [5, 5.41) is 0. The van der Waals surface area contributed by atoms with Crippen molar-refractivity contribution in [3.63, 3.8) is 0 Å². The van der Waals surface area contributed by atoms with Crippen LogP contribution in [0.3, 0.4) is 0 Å². The molecule has 0 aromatic heterocycles. The lowest BCUT2D eigenvalue weighted by Crippen LogP contribution is -2.56. The number of benzene rings is 1. The monoisotopic (exact) mass is 306 g/mol. The first-order valence-electron chi connectivity index (χ1n) is 7.27. The number of likely N-dealkylation sites (N-methyl/N-ethyl adjacent to an activating group) is 1. The molecule has 2 amide bonds. The first-order valence-corrected chi connectivity index (χ1v) is 7.27. The molecule has 122 valence electrons. The summed E-state index contributed by atoms with van der Waals surface area (Å²) < 4.78 is 5.34. The highest BCUT2D eigenvalue weighted by Crippen LogP contribution is 2.30. The molecule has 1 atom stereocenters. The second kappa shape index (κ2) is 6.38. The van der Waals surface area contributed by atoms with Gasteiger partial charge in [-0.25, -0.2) is 4.79 Å². The summed E-state index contributed by atoms with van der Waals surface area (Å²) in [4.78, 5) is 25.6. The Morgan fingerprint density at radius 1 is 1.09 bits per heavy atom. The van der Waals surface area contributed by atoms with Gasteiger partial charge in [-0.1, -0.05) is 44.2 Å². The van der Waals surface area contributed by atoms with Crippen LogP contribution in [0.4, 0.5) is 4.79 Å². The van der Waals surface area contributed by atoms with Crippen LogP contribution in [0.5, 0.6) is 0 Å². The van der Waals surface area contributed by atoms with E-state index >= 15 is 0 Å². The summed E-state index contributed by atoms with van der Waals surface area (Å²) in [5.74, 6) is -0.567. The molecule has 0 saturated heterocycles. The molecule has 5 heteroatoms. The molecule has 22 heavy (non-hydrogen) atoms. The van der Waals surface area contributed by atoms with Gasteiger partial charge in [0.25, 0.3) is 0 Å². The molecule has 0 radical (unpaired) electrons. The van der Waals surface area contributed by atoms with E-state index in [2.05, 4.69) is 0 Å². The largest absolute Gasteiger partial charge is 0.444 e. The van der Waals surface area contributed by atoms with Crippen molar-refractivity contribution < 1.29 is 14.3 Å². The minimum absolute atomic E-state index is 0.567. The predicted octanol–water partition coefficient (Wildman–Crippen LogP) is 2.69. The van der Waals surface area contributed by atoms with Crippen LogP contribution in [0, 0.1) is 0 Å². The summed E-state index contributed by atoms with van der Waals surface area (Å²) in [6.45, 7) is 9.11. The Balaban J connectivity index is 3.13. The van der Waals surface area contributed by atoms with Gasteiger partial charge >= 0.3 is 6.09 Å². The van der Waals surface area contributed by atoms with Crippen molar-refractivity contribution >= 4 is 12.0 Å². The van der Waals surface area contributed by atoms with Crippen LogP contribution >= 0.6 is 0 Å². The Hall–Kier alpha value is -2.04. The highest BCUT2D eigenvalue weighted by molar-refractivity contribution is 5.86. The van der Waals surface area contributed by atoms with Crippen LogP contribution in [-0.2, 0) is 14.9 Å². The van der Waals surface area contributed by atoms with Crippen LogP contribution in [0.15, 0.2) is 30.3 Å². The second-order valence-corrected chi connectivity index (χ2v) is 6.98. The van der Waals surface area contributed by atoms with Crippen LogP contribution in [-0.4, -0.2) is 35.6 Å². The van der Waals surface area contributed by atoms with Gasteiger partial charge in [0, 0.05) is 12.5 Å². The average Bonchev–Trinajstić information content (AvgIpc) is 2.37. The Labute approximate surface area is 132 Å². The average molecular weight is 306 g/mol. The summed E-state index contributed by atoms with van der Waals surface area (Å²) in [7, 11) is 1.54. The number of primary amides is 1. The fourth-order valence-electron chi connectivity index (χ4n) is 2.50. The van der Waals surface area contributed by atoms with Crippen molar-refractivity contribution in [1.82, 2.24) is 4.90 Å². The van der Waals surface area contributed by atoms with Gasteiger partial charge in [-0.05, 0) is 26.3 Å². The lowest BCUT2D eigenvalue weighted by atomic mass is 9.77. The molecular weight excluding hydrogens is 280 g/mol. The third-order valence-electron chi connectivity index (χ3n) is 3.54. The van der Waals surface area contributed by atoms with Crippen molar-refractivity contribution in [1.29, 1.82) is 0 Å². The Bertz CT molecular complexity index is 533. The molecule has 1 unspecified atom stereocenters. The normalized spacial score (nSPS) is 13.4. The molecule has 1 rings (SSSR count). The standard InChI is InChI=1S/C17H26N2O3/c1-16(2,3)22-15(21)19(6)13(14(18)20)17(4,5)12-10-8-7-9-11-12/h7-11,13H,1-6H3,(H2,18,20). The van der Waals surface area contributed by atoms with E-state index in [-0.39, 0.29) is 0 Å². The van der Waals surface area contributed by atoms with Crippen molar-refractivity contribution in [3.05, 3.63) is 35.9 Å². The number of nitrogens with two attached hydrogens (primary N) is 1. The molecule has 2 N–H and O–H groups in total. The van der Waals surface area contributed by atoms with Gasteiger partial charge in [-0.3, -0.25) is 9.69 Å². The fraction of sp³-hybridized carbons (Fsp3) is 0.529. The lowest BCUT2D eigenvalue weighted by Gasteiger charge is -2.39. The zero-order valence-corrected chi connectivity index (χ0v) is 14.2. The third-order valence-corrected chi connectivity index (χ3v) is 3.54. The molecule has 0 aliphatic heterocycles. The van der Waals surface area contributed by atoms with Crippen LogP contribution in [0.25, 0.3) is 0 Å². The summed E-state index contributed by atoms with van der Waals surface area (Å²) in [6, 6.07) is 8.70.